The van der Waals surface area contributed by atoms with Crippen molar-refractivity contribution in [1.29, 1.82) is 0 Å². The third-order valence-electron chi connectivity index (χ3n) is 3.37. The molecule has 1 amide bonds. The Hall–Kier alpha value is -0.920. The van der Waals surface area contributed by atoms with Crippen LogP contribution in [0.15, 0.2) is 35.0 Å². The van der Waals surface area contributed by atoms with Crippen molar-refractivity contribution in [2.24, 2.45) is 0 Å². The summed E-state index contributed by atoms with van der Waals surface area (Å²) in [5.74, 6) is 0.0731. The van der Waals surface area contributed by atoms with Crippen molar-refractivity contribution in [3.05, 3.63) is 44.8 Å². The Kier molecular flexibility index (Phi) is 6.85. The van der Waals surface area contributed by atoms with Gasteiger partial charge in [0.25, 0.3) is 5.91 Å². The largest absolute Gasteiger partial charge is 0.366 e. The Balaban J connectivity index is 0.00000176. The summed E-state index contributed by atoms with van der Waals surface area (Å²) >= 11 is 3.36. The van der Waals surface area contributed by atoms with Gasteiger partial charge in [0.1, 0.15) is 6.10 Å². The number of hydrogen-bond donors (Lipinski definition) is 1. The molecule has 2 aromatic rings. The molecule has 1 saturated heterocycles. The second-order valence-electron chi connectivity index (χ2n) is 4.92. The molecule has 0 aromatic carbocycles. The number of carbonyl (C=O) groups is 1. The standard InChI is InChI=1S/C15H18N2O2S2.ClH/c18-15(14-9-16-5-6-19-14)17(10-12-3-1-7-20-12)11-13-4-2-8-21-13;/h1-4,7-8,14,16H,5-6,9-11H2;1H. The van der Waals surface area contributed by atoms with E-state index in [0.29, 0.717) is 26.2 Å². The Morgan fingerprint density at radius 3 is 2.32 bits per heavy atom. The molecular weight excluding hydrogens is 340 g/mol. The normalized spacial score (nSPS) is 17.7. The second-order valence-corrected chi connectivity index (χ2v) is 6.98. The molecule has 1 aliphatic heterocycles. The van der Waals surface area contributed by atoms with Gasteiger partial charge in [0.05, 0.1) is 19.7 Å². The quantitative estimate of drug-likeness (QED) is 0.893. The Bertz CT molecular complexity index is 518. The van der Waals surface area contributed by atoms with Crippen molar-refractivity contribution >= 4 is 41.0 Å². The molecule has 0 aliphatic carbocycles. The molecule has 1 unspecified atom stereocenters. The lowest BCUT2D eigenvalue weighted by Crippen LogP contribution is -2.48. The number of amides is 1. The number of carbonyl (C=O) groups excluding carboxylic acids is 1. The number of nitrogens with one attached hydrogen (secondary N) is 1. The van der Waals surface area contributed by atoms with Crippen LogP contribution in [0.25, 0.3) is 0 Å². The van der Waals surface area contributed by atoms with Crippen LogP contribution in [0.2, 0.25) is 0 Å². The van der Waals surface area contributed by atoms with Gasteiger partial charge in [-0.15, -0.1) is 35.1 Å². The Morgan fingerprint density at radius 2 is 1.86 bits per heavy atom. The van der Waals surface area contributed by atoms with Crippen LogP contribution >= 0.6 is 35.1 Å². The van der Waals surface area contributed by atoms with Gasteiger partial charge in [-0.3, -0.25) is 4.79 Å². The minimum atomic E-state index is -0.362. The fourth-order valence-electron chi connectivity index (χ4n) is 2.32. The van der Waals surface area contributed by atoms with Crippen LogP contribution in [0.3, 0.4) is 0 Å². The van der Waals surface area contributed by atoms with Crippen LogP contribution < -0.4 is 5.32 Å². The minimum Gasteiger partial charge on any atom is -0.366 e. The monoisotopic (exact) mass is 358 g/mol. The van der Waals surface area contributed by atoms with Crippen molar-refractivity contribution in [3.63, 3.8) is 0 Å². The summed E-state index contributed by atoms with van der Waals surface area (Å²) in [4.78, 5) is 17.0. The van der Waals surface area contributed by atoms with Crippen molar-refractivity contribution in [2.75, 3.05) is 19.7 Å². The molecule has 1 N–H and O–H groups in total. The van der Waals surface area contributed by atoms with Gasteiger partial charge in [-0.25, -0.2) is 0 Å². The number of rotatable bonds is 5. The lowest BCUT2D eigenvalue weighted by Gasteiger charge is -2.29. The first-order chi connectivity index (χ1) is 10.3. The SMILES string of the molecule is Cl.O=C(C1CNCCO1)N(Cc1cccs1)Cc1cccs1. The number of thiophene rings is 2. The second kappa shape index (κ2) is 8.64. The van der Waals surface area contributed by atoms with Crippen LogP contribution in [-0.4, -0.2) is 36.6 Å². The third-order valence-corrected chi connectivity index (χ3v) is 5.09. The van der Waals surface area contributed by atoms with Gasteiger partial charge in [-0.05, 0) is 22.9 Å². The smallest absolute Gasteiger partial charge is 0.253 e. The maximum Gasteiger partial charge on any atom is 0.253 e. The predicted molar refractivity (Wildman–Crippen MR) is 92.7 cm³/mol. The summed E-state index contributed by atoms with van der Waals surface area (Å²) in [6, 6.07) is 8.18. The highest BCUT2D eigenvalue weighted by atomic mass is 35.5. The summed E-state index contributed by atoms with van der Waals surface area (Å²) in [7, 11) is 0. The number of morpholine rings is 1. The van der Waals surface area contributed by atoms with Gasteiger partial charge in [0.15, 0.2) is 0 Å². The van der Waals surface area contributed by atoms with Crippen molar-refractivity contribution < 1.29 is 9.53 Å². The molecule has 3 heterocycles. The van der Waals surface area contributed by atoms with Crippen LogP contribution in [0, 0.1) is 0 Å². The summed E-state index contributed by atoms with van der Waals surface area (Å²) in [6.45, 7) is 3.31. The average molecular weight is 359 g/mol. The molecule has 120 valence electrons. The molecule has 2 aromatic heterocycles. The molecule has 22 heavy (non-hydrogen) atoms. The molecular formula is C15H19ClN2O2S2. The molecule has 0 saturated carbocycles. The molecule has 4 nitrogen and oxygen atoms in total. The summed E-state index contributed by atoms with van der Waals surface area (Å²) in [5.41, 5.74) is 0. The number of hydrogen-bond acceptors (Lipinski definition) is 5. The summed E-state index contributed by atoms with van der Waals surface area (Å²) in [6.07, 6.45) is -0.362. The summed E-state index contributed by atoms with van der Waals surface area (Å²) < 4.78 is 5.61. The van der Waals surface area contributed by atoms with E-state index in [1.165, 1.54) is 9.75 Å². The highest BCUT2D eigenvalue weighted by molar-refractivity contribution is 7.10. The average Bonchev–Trinajstić information content (AvgIpc) is 3.20. The van der Waals surface area contributed by atoms with E-state index >= 15 is 0 Å². The van der Waals surface area contributed by atoms with E-state index in [-0.39, 0.29) is 24.4 Å². The van der Waals surface area contributed by atoms with Crippen LogP contribution in [0.1, 0.15) is 9.75 Å². The Morgan fingerprint density at radius 1 is 1.23 bits per heavy atom. The highest BCUT2D eigenvalue weighted by Gasteiger charge is 2.27. The highest BCUT2D eigenvalue weighted by Crippen LogP contribution is 2.18. The van der Waals surface area contributed by atoms with Crippen molar-refractivity contribution in [1.82, 2.24) is 10.2 Å². The van der Waals surface area contributed by atoms with E-state index < -0.39 is 0 Å². The van der Waals surface area contributed by atoms with Crippen molar-refractivity contribution in [3.8, 4) is 0 Å². The molecule has 3 rings (SSSR count). The molecule has 0 bridgehead atoms. The number of halogens is 1. The van der Waals surface area contributed by atoms with Crippen LogP contribution in [0.5, 0.6) is 0 Å². The van der Waals surface area contributed by atoms with E-state index in [4.69, 9.17) is 4.74 Å². The van der Waals surface area contributed by atoms with Gasteiger partial charge in [0, 0.05) is 22.8 Å². The third kappa shape index (κ3) is 4.54. The fraction of sp³-hybridized carbons (Fsp3) is 0.400. The minimum absolute atomic E-state index is 0. The summed E-state index contributed by atoms with van der Waals surface area (Å²) in [5, 5.41) is 7.31. The molecule has 7 heteroatoms. The number of ether oxygens (including phenoxy) is 1. The van der Waals surface area contributed by atoms with E-state index in [1.807, 2.05) is 27.8 Å². The molecule has 1 aliphatic rings. The van der Waals surface area contributed by atoms with Crippen molar-refractivity contribution in [2.45, 2.75) is 19.2 Å². The Labute approximate surface area is 144 Å². The van der Waals surface area contributed by atoms with Crippen LogP contribution in [-0.2, 0) is 22.6 Å². The zero-order valence-corrected chi connectivity index (χ0v) is 14.5. The van der Waals surface area contributed by atoms with Crippen LogP contribution in [0.4, 0.5) is 0 Å². The molecule has 0 spiro atoms. The van der Waals surface area contributed by atoms with Gasteiger partial charge in [-0.1, -0.05) is 12.1 Å². The van der Waals surface area contributed by atoms with Gasteiger partial charge in [-0.2, -0.15) is 0 Å². The predicted octanol–water partition coefficient (Wildman–Crippen LogP) is 2.75. The van der Waals surface area contributed by atoms with Gasteiger partial charge in [0.2, 0.25) is 0 Å². The first-order valence-electron chi connectivity index (χ1n) is 6.99. The first-order valence-corrected chi connectivity index (χ1v) is 8.75. The van der Waals surface area contributed by atoms with E-state index in [2.05, 4.69) is 17.4 Å². The molecule has 1 atom stereocenters. The fourth-order valence-corrected chi connectivity index (χ4v) is 3.76. The number of nitrogens with zero attached hydrogens (tertiary/aromatic N) is 1. The zero-order chi connectivity index (χ0) is 14.5. The maximum absolute atomic E-state index is 12.7. The van der Waals surface area contributed by atoms with E-state index in [1.54, 1.807) is 22.7 Å². The molecule has 1 fully saturated rings. The first kappa shape index (κ1) is 17.4. The lowest BCUT2D eigenvalue weighted by molar-refractivity contribution is -0.146. The lowest BCUT2D eigenvalue weighted by atomic mass is 10.2. The molecule has 0 radical (unpaired) electrons. The maximum atomic E-state index is 12.7. The van der Waals surface area contributed by atoms with Gasteiger partial charge < -0.3 is 15.0 Å². The van der Waals surface area contributed by atoms with E-state index in [9.17, 15) is 4.79 Å². The van der Waals surface area contributed by atoms with E-state index in [0.717, 1.165) is 6.54 Å². The topological polar surface area (TPSA) is 41.6 Å². The van der Waals surface area contributed by atoms with Gasteiger partial charge >= 0.3 is 0 Å². The zero-order valence-electron chi connectivity index (χ0n) is 12.1.